The molecule has 1 unspecified atom stereocenters. The van der Waals surface area contributed by atoms with Crippen LogP contribution < -0.4 is 11.1 Å². The molecule has 0 heterocycles. The molecule has 1 aromatic rings. The summed E-state index contributed by atoms with van der Waals surface area (Å²) >= 11 is 0. The van der Waals surface area contributed by atoms with E-state index < -0.39 is 0 Å². The molecule has 0 saturated carbocycles. The third kappa shape index (κ3) is 3.56. The molecular weight excluding hydrogens is 212 g/mol. The monoisotopic (exact) mass is 234 g/mol. The van der Waals surface area contributed by atoms with Gasteiger partial charge in [0.1, 0.15) is 0 Å². The molecular formula is C14H22N2O. The van der Waals surface area contributed by atoms with Crippen LogP contribution in [0.15, 0.2) is 30.3 Å². The summed E-state index contributed by atoms with van der Waals surface area (Å²) in [6.07, 6.45) is 2.27. The first-order valence-electron chi connectivity index (χ1n) is 6.23. The van der Waals surface area contributed by atoms with Crippen molar-refractivity contribution < 1.29 is 4.79 Å². The lowest BCUT2D eigenvalue weighted by Gasteiger charge is -2.34. The number of amides is 1. The molecule has 0 aliphatic heterocycles. The lowest BCUT2D eigenvalue weighted by atomic mass is 9.82. The molecule has 0 aromatic heterocycles. The summed E-state index contributed by atoms with van der Waals surface area (Å²) in [5, 5.41) is 3.44. The molecule has 0 saturated heterocycles. The van der Waals surface area contributed by atoms with E-state index >= 15 is 0 Å². The predicted molar refractivity (Wildman–Crippen MR) is 70.5 cm³/mol. The van der Waals surface area contributed by atoms with Crippen LogP contribution in [-0.4, -0.2) is 12.5 Å². The minimum Gasteiger partial charge on any atom is -0.370 e. The average Bonchev–Trinajstić information content (AvgIpc) is 2.30. The van der Waals surface area contributed by atoms with Gasteiger partial charge >= 0.3 is 0 Å². The van der Waals surface area contributed by atoms with Gasteiger partial charge in [-0.15, -0.1) is 0 Å². The van der Waals surface area contributed by atoms with Crippen LogP contribution in [-0.2, 0) is 10.3 Å². The maximum Gasteiger partial charge on any atom is 0.219 e. The van der Waals surface area contributed by atoms with E-state index in [9.17, 15) is 4.79 Å². The smallest absolute Gasteiger partial charge is 0.219 e. The highest BCUT2D eigenvalue weighted by Gasteiger charge is 2.31. The normalized spacial score (nSPS) is 14.2. The zero-order valence-electron chi connectivity index (χ0n) is 10.7. The second kappa shape index (κ2) is 6.40. The van der Waals surface area contributed by atoms with Crippen LogP contribution in [0.4, 0.5) is 0 Å². The molecule has 0 bridgehead atoms. The van der Waals surface area contributed by atoms with Gasteiger partial charge in [-0.2, -0.15) is 0 Å². The van der Waals surface area contributed by atoms with Crippen LogP contribution in [0, 0.1) is 0 Å². The van der Waals surface area contributed by atoms with Crippen molar-refractivity contribution in [3.05, 3.63) is 35.9 Å². The zero-order valence-corrected chi connectivity index (χ0v) is 10.7. The van der Waals surface area contributed by atoms with Crippen LogP contribution in [0.3, 0.4) is 0 Å². The zero-order chi connectivity index (χ0) is 12.7. The quantitative estimate of drug-likeness (QED) is 0.759. The van der Waals surface area contributed by atoms with Crippen molar-refractivity contribution in [2.24, 2.45) is 5.73 Å². The summed E-state index contributed by atoms with van der Waals surface area (Å²) in [6.45, 7) is 4.99. The van der Waals surface area contributed by atoms with Gasteiger partial charge in [-0.25, -0.2) is 0 Å². The molecule has 0 aliphatic rings. The summed E-state index contributed by atoms with van der Waals surface area (Å²) in [5.74, 6) is -0.261. The molecule has 0 aliphatic carbocycles. The number of benzene rings is 1. The molecule has 94 valence electrons. The largest absolute Gasteiger partial charge is 0.370 e. The first-order chi connectivity index (χ1) is 8.14. The highest BCUT2D eigenvalue weighted by molar-refractivity contribution is 5.75. The Bertz CT molecular complexity index is 342. The van der Waals surface area contributed by atoms with Crippen LogP contribution in [0.2, 0.25) is 0 Å². The van der Waals surface area contributed by atoms with E-state index in [1.165, 1.54) is 0 Å². The Morgan fingerprint density at radius 2 is 1.94 bits per heavy atom. The fourth-order valence-corrected chi connectivity index (χ4v) is 2.41. The van der Waals surface area contributed by atoms with Gasteiger partial charge in [0.05, 0.1) is 5.54 Å². The van der Waals surface area contributed by atoms with Gasteiger partial charge < -0.3 is 11.1 Å². The molecule has 3 N–H and O–H groups in total. The van der Waals surface area contributed by atoms with Gasteiger partial charge in [-0.1, -0.05) is 50.6 Å². The topological polar surface area (TPSA) is 55.1 Å². The van der Waals surface area contributed by atoms with Crippen molar-refractivity contribution in [3.8, 4) is 0 Å². The first-order valence-corrected chi connectivity index (χ1v) is 6.23. The molecule has 1 aromatic carbocycles. The predicted octanol–water partition coefficient (Wildman–Crippen LogP) is 2.17. The minimum absolute atomic E-state index is 0.261. The second-order valence-corrected chi connectivity index (χ2v) is 4.37. The number of carbonyl (C=O) groups excluding carboxylic acids is 1. The third-order valence-corrected chi connectivity index (χ3v) is 2.99. The number of hydrogen-bond acceptors (Lipinski definition) is 2. The Labute approximate surface area is 103 Å². The molecule has 1 rings (SSSR count). The fourth-order valence-electron chi connectivity index (χ4n) is 2.41. The van der Waals surface area contributed by atoms with Gasteiger partial charge in [0.2, 0.25) is 5.91 Å². The number of carbonyl (C=O) groups is 1. The van der Waals surface area contributed by atoms with E-state index in [1.807, 2.05) is 25.1 Å². The number of nitrogens with two attached hydrogens (primary N) is 1. The van der Waals surface area contributed by atoms with Crippen LogP contribution in [0.25, 0.3) is 0 Å². The molecule has 3 heteroatoms. The van der Waals surface area contributed by atoms with Crippen LogP contribution in [0.5, 0.6) is 0 Å². The molecule has 0 spiro atoms. The van der Waals surface area contributed by atoms with Crippen molar-refractivity contribution in [1.29, 1.82) is 0 Å². The molecule has 3 nitrogen and oxygen atoms in total. The van der Waals surface area contributed by atoms with Crippen LogP contribution >= 0.6 is 0 Å². The summed E-state index contributed by atoms with van der Waals surface area (Å²) in [7, 11) is 0. The van der Waals surface area contributed by atoms with E-state index in [1.54, 1.807) is 0 Å². The SMILES string of the molecule is CCCC(CC(N)=O)(NCC)c1ccccc1. The van der Waals surface area contributed by atoms with Crippen molar-refractivity contribution in [1.82, 2.24) is 5.32 Å². The average molecular weight is 234 g/mol. The van der Waals surface area contributed by atoms with Crippen molar-refractivity contribution in [2.75, 3.05) is 6.54 Å². The Morgan fingerprint density at radius 1 is 1.29 bits per heavy atom. The standard InChI is InChI=1S/C14H22N2O/c1-3-10-14(16-4-2,11-13(15)17)12-8-6-5-7-9-12/h5-9,16H,3-4,10-11H2,1-2H3,(H2,15,17). The van der Waals surface area contributed by atoms with Crippen LogP contribution in [0.1, 0.15) is 38.7 Å². The number of nitrogens with one attached hydrogen (secondary N) is 1. The van der Waals surface area contributed by atoms with Crippen molar-refractivity contribution in [3.63, 3.8) is 0 Å². The van der Waals surface area contributed by atoms with E-state index in [2.05, 4.69) is 24.4 Å². The van der Waals surface area contributed by atoms with Gasteiger partial charge in [0, 0.05) is 6.42 Å². The fraction of sp³-hybridized carbons (Fsp3) is 0.500. The number of rotatable bonds is 7. The number of hydrogen-bond donors (Lipinski definition) is 2. The van der Waals surface area contributed by atoms with E-state index in [0.717, 1.165) is 24.9 Å². The van der Waals surface area contributed by atoms with Crippen molar-refractivity contribution >= 4 is 5.91 Å². The lowest BCUT2D eigenvalue weighted by Crippen LogP contribution is -2.45. The maximum atomic E-state index is 11.3. The summed E-state index contributed by atoms with van der Waals surface area (Å²) in [5.41, 5.74) is 6.23. The summed E-state index contributed by atoms with van der Waals surface area (Å²) in [6, 6.07) is 10.1. The molecule has 0 radical (unpaired) electrons. The van der Waals surface area contributed by atoms with E-state index in [-0.39, 0.29) is 11.4 Å². The number of primary amides is 1. The van der Waals surface area contributed by atoms with Gasteiger partial charge in [-0.3, -0.25) is 4.79 Å². The summed E-state index contributed by atoms with van der Waals surface area (Å²) < 4.78 is 0. The van der Waals surface area contributed by atoms with E-state index in [4.69, 9.17) is 5.73 Å². The lowest BCUT2D eigenvalue weighted by molar-refractivity contribution is -0.119. The second-order valence-electron chi connectivity index (χ2n) is 4.37. The maximum absolute atomic E-state index is 11.3. The van der Waals surface area contributed by atoms with Crippen molar-refractivity contribution in [2.45, 2.75) is 38.6 Å². The molecule has 1 amide bonds. The third-order valence-electron chi connectivity index (χ3n) is 2.99. The Kier molecular flexibility index (Phi) is 5.16. The summed E-state index contributed by atoms with van der Waals surface area (Å²) in [4.78, 5) is 11.3. The molecule has 1 atom stereocenters. The van der Waals surface area contributed by atoms with Gasteiger partial charge in [0.25, 0.3) is 0 Å². The molecule has 17 heavy (non-hydrogen) atoms. The Balaban J connectivity index is 3.09. The highest BCUT2D eigenvalue weighted by Crippen LogP contribution is 2.30. The Hall–Kier alpha value is -1.35. The Morgan fingerprint density at radius 3 is 2.41 bits per heavy atom. The van der Waals surface area contributed by atoms with Gasteiger partial charge in [-0.05, 0) is 18.5 Å². The minimum atomic E-state index is -0.309. The van der Waals surface area contributed by atoms with E-state index in [0.29, 0.717) is 6.42 Å². The van der Waals surface area contributed by atoms with Gasteiger partial charge in [0.15, 0.2) is 0 Å². The molecule has 0 fully saturated rings. The highest BCUT2D eigenvalue weighted by atomic mass is 16.1. The first kappa shape index (κ1) is 13.7.